The Bertz CT molecular complexity index is 1080. The molecular formula is C25H29ClN4OS. The van der Waals surface area contributed by atoms with Crippen molar-refractivity contribution in [2.24, 2.45) is 0 Å². The van der Waals surface area contributed by atoms with Crippen LogP contribution < -0.4 is 10.6 Å². The summed E-state index contributed by atoms with van der Waals surface area (Å²) in [6.45, 7) is 9.08. The second-order valence-electron chi connectivity index (χ2n) is 9.13. The van der Waals surface area contributed by atoms with E-state index in [1.54, 1.807) is 23.5 Å². The first-order valence-electron chi connectivity index (χ1n) is 10.9. The van der Waals surface area contributed by atoms with E-state index in [0.29, 0.717) is 16.6 Å². The number of hydrogen-bond donors (Lipinski definition) is 2. The molecule has 0 bridgehead atoms. The number of carbonyl (C=O) groups excluding carboxylic acids is 1. The zero-order chi connectivity index (χ0) is 22.7. The maximum Gasteiger partial charge on any atom is 0.323 e. The van der Waals surface area contributed by atoms with Crippen LogP contribution in [0.4, 0.5) is 16.2 Å². The molecule has 0 saturated carbocycles. The summed E-state index contributed by atoms with van der Waals surface area (Å²) >= 11 is 7.88. The third-order valence-corrected chi connectivity index (χ3v) is 7.38. The predicted octanol–water partition coefficient (Wildman–Crippen LogP) is 7.09. The van der Waals surface area contributed by atoms with Crippen LogP contribution in [0.5, 0.6) is 0 Å². The van der Waals surface area contributed by atoms with Gasteiger partial charge in [0.25, 0.3) is 0 Å². The van der Waals surface area contributed by atoms with Crippen LogP contribution in [0.1, 0.15) is 44.5 Å². The topological polar surface area (TPSA) is 57.3 Å². The van der Waals surface area contributed by atoms with E-state index in [9.17, 15) is 4.79 Å². The number of piperidine rings is 1. The van der Waals surface area contributed by atoms with Crippen LogP contribution in [0, 0.1) is 0 Å². The van der Waals surface area contributed by atoms with Gasteiger partial charge in [0.2, 0.25) is 0 Å². The minimum atomic E-state index is -0.328. The molecule has 0 unspecified atom stereocenters. The van der Waals surface area contributed by atoms with Crippen molar-refractivity contribution in [3.8, 4) is 10.4 Å². The average Bonchev–Trinajstić information content (AvgIpc) is 3.25. The van der Waals surface area contributed by atoms with Crippen LogP contribution >= 0.6 is 22.9 Å². The smallest absolute Gasteiger partial charge is 0.308 e. The molecule has 7 heteroatoms. The highest BCUT2D eigenvalue weighted by atomic mass is 35.5. The summed E-state index contributed by atoms with van der Waals surface area (Å²) in [4.78, 5) is 20.8. The van der Waals surface area contributed by atoms with Crippen molar-refractivity contribution in [3.05, 3.63) is 64.8 Å². The molecule has 2 N–H and O–H groups in total. The van der Waals surface area contributed by atoms with Gasteiger partial charge in [-0.15, -0.1) is 11.3 Å². The fourth-order valence-electron chi connectivity index (χ4n) is 4.00. The number of rotatable bonds is 4. The van der Waals surface area contributed by atoms with Crippen molar-refractivity contribution in [1.29, 1.82) is 0 Å². The number of amides is 2. The van der Waals surface area contributed by atoms with E-state index in [0.717, 1.165) is 42.1 Å². The number of halogens is 1. The second kappa shape index (κ2) is 9.61. The van der Waals surface area contributed by atoms with Gasteiger partial charge in [0.05, 0.1) is 20.6 Å². The molecule has 2 aromatic carbocycles. The van der Waals surface area contributed by atoms with Crippen molar-refractivity contribution < 1.29 is 4.79 Å². The van der Waals surface area contributed by atoms with Gasteiger partial charge in [-0.2, -0.15) is 0 Å². The first kappa shape index (κ1) is 22.8. The molecule has 32 heavy (non-hydrogen) atoms. The van der Waals surface area contributed by atoms with Crippen molar-refractivity contribution in [3.63, 3.8) is 0 Å². The highest BCUT2D eigenvalue weighted by molar-refractivity contribution is 7.15. The van der Waals surface area contributed by atoms with Crippen molar-refractivity contribution in [2.75, 3.05) is 23.7 Å². The number of anilines is 2. The number of likely N-dealkylation sites (tertiary alicyclic amines) is 1. The van der Waals surface area contributed by atoms with Crippen molar-refractivity contribution >= 4 is 40.3 Å². The summed E-state index contributed by atoms with van der Waals surface area (Å²) in [5.74, 6) is 0.523. The molecule has 3 aromatic rings. The number of carbonyl (C=O) groups is 1. The number of para-hydroxylation sites is 1. The Kier molecular flexibility index (Phi) is 6.84. The summed E-state index contributed by atoms with van der Waals surface area (Å²) < 4.78 is 0. The summed E-state index contributed by atoms with van der Waals surface area (Å²) in [5, 5.41) is 7.38. The van der Waals surface area contributed by atoms with Gasteiger partial charge in [0.1, 0.15) is 0 Å². The van der Waals surface area contributed by atoms with Gasteiger partial charge in [0, 0.05) is 23.3 Å². The van der Waals surface area contributed by atoms with Gasteiger partial charge in [-0.25, -0.2) is 9.78 Å². The van der Waals surface area contributed by atoms with Crippen LogP contribution in [0.25, 0.3) is 10.4 Å². The van der Waals surface area contributed by atoms with E-state index in [4.69, 9.17) is 16.6 Å². The standard InChI is InChI=1S/C25H29ClN4OS/c1-25(2,3)30-13-11-17(12-14-30)23-27-16-22(32-23)18-7-6-8-19(15-18)28-24(31)29-21-10-5-4-9-20(21)26/h4-10,15-17H,11-14H2,1-3H3,(H2,28,29,31). The second-order valence-corrected chi connectivity index (χ2v) is 10.6. The van der Waals surface area contributed by atoms with E-state index in [1.165, 1.54) is 5.01 Å². The van der Waals surface area contributed by atoms with E-state index in [-0.39, 0.29) is 11.6 Å². The van der Waals surface area contributed by atoms with Crippen LogP contribution in [-0.4, -0.2) is 34.5 Å². The number of nitrogens with zero attached hydrogens (tertiary/aromatic N) is 2. The number of aromatic nitrogens is 1. The largest absolute Gasteiger partial charge is 0.323 e. The van der Waals surface area contributed by atoms with E-state index >= 15 is 0 Å². The lowest BCUT2D eigenvalue weighted by molar-refractivity contribution is 0.102. The van der Waals surface area contributed by atoms with Crippen LogP contribution in [0.3, 0.4) is 0 Å². The Hall–Kier alpha value is -2.41. The molecule has 0 aliphatic carbocycles. The first-order valence-corrected chi connectivity index (χ1v) is 12.1. The molecule has 2 amide bonds. The number of hydrogen-bond acceptors (Lipinski definition) is 4. The molecule has 168 valence electrons. The Morgan fingerprint density at radius 1 is 1.09 bits per heavy atom. The highest BCUT2D eigenvalue weighted by Gasteiger charge is 2.28. The molecular weight excluding hydrogens is 440 g/mol. The maximum absolute atomic E-state index is 12.4. The predicted molar refractivity (Wildman–Crippen MR) is 135 cm³/mol. The molecule has 4 rings (SSSR count). The molecule has 2 heterocycles. The molecule has 1 fully saturated rings. The summed E-state index contributed by atoms with van der Waals surface area (Å²) in [7, 11) is 0. The minimum absolute atomic E-state index is 0.227. The lowest BCUT2D eigenvalue weighted by Gasteiger charge is -2.40. The van der Waals surface area contributed by atoms with Gasteiger partial charge >= 0.3 is 6.03 Å². The third-order valence-electron chi connectivity index (χ3n) is 5.84. The Labute approximate surface area is 198 Å². The zero-order valence-corrected chi connectivity index (χ0v) is 20.3. The fraction of sp³-hybridized carbons (Fsp3) is 0.360. The van der Waals surface area contributed by atoms with E-state index in [1.807, 2.05) is 36.5 Å². The van der Waals surface area contributed by atoms with Crippen LogP contribution in [0.2, 0.25) is 5.02 Å². The van der Waals surface area contributed by atoms with Gasteiger partial charge in [-0.05, 0) is 76.5 Å². The van der Waals surface area contributed by atoms with Crippen LogP contribution in [0.15, 0.2) is 54.7 Å². The van der Waals surface area contributed by atoms with Crippen molar-refractivity contribution in [1.82, 2.24) is 9.88 Å². The van der Waals surface area contributed by atoms with Gasteiger partial charge in [0.15, 0.2) is 0 Å². The average molecular weight is 469 g/mol. The zero-order valence-electron chi connectivity index (χ0n) is 18.7. The Morgan fingerprint density at radius 3 is 2.56 bits per heavy atom. The molecule has 1 aliphatic heterocycles. The van der Waals surface area contributed by atoms with Crippen molar-refractivity contribution in [2.45, 2.75) is 45.1 Å². The van der Waals surface area contributed by atoms with Crippen LogP contribution in [-0.2, 0) is 0 Å². The lowest BCUT2D eigenvalue weighted by atomic mass is 9.93. The monoisotopic (exact) mass is 468 g/mol. The fourth-order valence-corrected chi connectivity index (χ4v) is 5.27. The lowest BCUT2D eigenvalue weighted by Crippen LogP contribution is -2.45. The Morgan fingerprint density at radius 2 is 1.84 bits per heavy atom. The van der Waals surface area contributed by atoms with Gasteiger partial charge in [-0.1, -0.05) is 35.9 Å². The number of urea groups is 1. The summed E-state index contributed by atoms with van der Waals surface area (Å²) in [6.07, 6.45) is 4.25. The molecule has 0 atom stereocenters. The number of nitrogens with one attached hydrogen (secondary N) is 2. The normalized spacial score (nSPS) is 15.5. The third kappa shape index (κ3) is 5.49. The SMILES string of the molecule is CC(C)(C)N1CCC(c2ncc(-c3cccc(NC(=O)Nc4ccccc4Cl)c3)s2)CC1. The summed E-state index contributed by atoms with van der Waals surface area (Å²) in [6, 6.07) is 14.7. The molecule has 0 radical (unpaired) electrons. The highest BCUT2D eigenvalue weighted by Crippen LogP contribution is 2.36. The molecule has 1 aliphatic rings. The first-order chi connectivity index (χ1) is 15.3. The Balaban J connectivity index is 1.40. The number of benzene rings is 2. The maximum atomic E-state index is 12.4. The summed E-state index contributed by atoms with van der Waals surface area (Å²) in [5.41, 5.74) is 2.58. The van der Waals surface area contributed by atoms with Gasteiger partial charge in [-0.3, -0.25) is 4.90 Å². The molecule has 1 aromatic heterocycles. The van der Waals surface area contributed by atoms with E-state index in [2.05, 4.69) is 42.4 Å². The molecule has 5 nitrogen and oxygen atoms in total. The number of thiazole rings is 1. The quantitative estimate of drug-likeness (QED) is 0.429. The van der Waals surface area contributed by atoms with E-state index < -0.39 is 0 Å². The molecule has 1 saturated heterocycles. The van der Waals surface area contributed by atoms with Gasteiger partial charge < -0.3 is 10.6 Å². The molecule has 0 spiro atoms. The minimum Gasteiger partial charge on any atom is -0.308 e.